The van der Waals surface area contributed by atoms with Crippen LogP contribution in [0, 0.1) is 13.0 Å². The Labute approximate surface area is 102 Å². The van der Waals surface area contributed by atoms with Gasteiger partial charge < -0.3 is 9.64 Å². The van der Waals surface area contributed by atoms with Gasteiger partial charge in [0.25, 0.3) is 0 Å². The smallest absolute Gasteiger partial charge is 0.222 e. The van der Waals surface area contributed by atoms with Gasteiger partial charge in [-0.1, -0.05) is 6.07 Å². The van der Waals surface area contributed by atoms with Crippen LogP contribution in [0.25, 0.3) is 0 Å². The van der Waals surface area contributed by atoms with Crippen molar-refractivity contribution in [2.45, 2.75) is 26.2 Å². The molecule has 0 aliphatic carbocycles. The van der Waals surface area contributed by atoms with Crippen LogP contribution in [-0.2, 0) is 4.79 Å². The van der Waals surface area contributed by atoms with Crippen molar-refractivity contribution in [1.29, 1.82) is 0 Å². The Hall–Kier alpha value is -1.51. The Bertz CT molecular complexity index is 390. The Morgan fingerprint density at radius 2 is 2.41 bits per heavy atom. The molecule has 0 N–H and O–H groups in total. The standard InChI is InChI=1S/C14H18NO2/c1-12-5-2-6-13(11-12)17-10-4-9-15-8-3-7-14(15)16/h2,6,11H,3-4,7-10H2,1H3. The Balaban J connectivity index is 1.68. The Morgan fingerprint density at radius 3 is 3.12 bits per heavy atom. The average molecular weight is 232 g/mol. The van der Waals surface area contributed by atoms with Crippen LogP contribution >= 0.6 is 0 Å². The molecule has 1 aliphatic rings. The van der Waals surface area contributed by atoms with E-state index in [9.17, 15) is 4.79 Å². The van der Waals surface area contributed by atoms with Crippen LogP contribution in [0.15, 0.2) is 18.2 Å². The third kappa shape index (κ3) is 3.48. The molecule has 1 amide bonds. The maximum atomic E-state index is 11.4. The molecule has 1 saturated heterocycles. The van der Waals surface area contributed by atoms with Gasteiger partial charge in [0.2, 0.25) is 5.91 Å². The fourth-order valence-electron chi connectivity index (χ4n) is 2.03. The molecular formula is C14H18NO2. The fraction of sp³-hybridized carbons (Fsp3) is 0.500. The van der Waals surface area contributed by atoms with Crippen molar-refractivity contribution in [1.82, 2.24) is 4.90 Å². The van der Waals surface area contributed by atoms with Crippen molar-refractivity contribution in [3.8, 4) is 5.75 Å². The molecular weight excluding hydrogens is 214 g/mol. The van der Waals surface area contributed by atoms with Gasteiger partial charge in [-0.2, -0.15) is 0 Å². The van der Waals surface area contributed by atoms with E-state index in [0.29, 0.717) is 13.0 Å². The van der Waals surface area contributed by atoms with Crippen LogP contribution in [-0.4, -0.2) is 30.5 Å². The van der Waals surface area contributed by atoms with Gasteiger partial charge in [-0.15, -0.1) is 0 Å². The van der Waals surface area contributed by atoms with Crippen molar-refractivity contribution in [3.63, 3.8) is 0 Å². The van der Waals surface area contributed by atoms with Crippen LogP contribution in [0.2, 0.25) is 0 Å². The van der Waals surface area contributed by atoms with Gasteiger partial charge >= 0.3 is 0 Å². The van der Waals surface area contributed by atoms with Crippen LogP contribution in [0.4, 0.5) is 0 Å². The molecule has 17 heavy (non-hydrogen) atoms. The molecule has 0 saturated carbocycles. The number of likely N-dealkylation sites (tertiary alicyclic amines) is 1. The number of rotatable bonds is 5. The molecule has 0 aromatic heterocycles. The number of hydrogen-bond acceptors (Lipinski definition) is 2. The highest BCUT2D eigenvalue weighted by Crippen LogP contribution is 2.13. The Kier molecular flexibility index (Phi) is 4.02. The summed E-state index contributed by atoms with van der Waals surface area (Å²) in [4.78, 5) is 13.3. The molecule has 91 valence electrons. The quantitative estimate of drug-likeness (QED) is 0.728. The summed E-state index contributed by atoms with van der Waals surface area (Å²) in [7, 11) is 0. The normalized spacial score (nSPS) is 15.4. The zero-order chi connectivity index (χ0) is 12.1. The maximum absolute atomic E-state index is 11.4. The van der Waals surface area contributed by atoms with E-state index < -0.39 is 0 Å². The zero-order valence-corrected chi connectivity index (χ0v) is 10.2. The summed E-state index contributed by atoms with van der Waals surface area (Å²) in [6.45, 7) is 4.39. The van der Waals surface area contributed by atoms with Gasteiger partial charge in [0.05, 0.1) is 6.61 Å². The first-order chi connectivity index (χ1) is 8.25. The molecule has 0 unspecified atom stereocenters. The van der Waals surface area contributed by atoms with Crippen molar-refractivity contribution < 1.29 is 9.53 Å². The Morgan fingerprint density at radius 1 is 1.53 bits per heavy atom. The van der Waals surface area contributed by atoms with Gasteiger partial charge in [-0.05, 0) is 43.5 Å². The van der Waals surface area contributed by atoms with Gasteiger partial charge in [-0.25, -0.2) is 0 Å². The fourth-order valence-corrected chi connectivity index (χ4v) is 2.03. The largest absolute Gasteiger partial charge is 0.494 e. The summed E-state index contributed by atoms with van der Waals surface area (Å²) in [5, 5.41) is 0. The minimum Gasteiger partial charge on any atom is -0.494 e. The maximum Gasteiger partial charge on any atom is 0.222 e. The lowest BCUT2D eigenvalue weighted by molar-refractivity contribution is -0.127. The third-order valence-corrected chi connectivity index (χ3v) is 2.93. The second-order valence-corrected chi connectivity index (χ2v) is 4.39. The van der Waals surface area contributed by atoms with Gasteiger partial charge in [0.15, 0.2) is 0 Å². The number of hydrogen-bond donors (Lipinski definition) is 0. The molecule has 1 aromatic rings. The van der Waals surface area contributed by atoms with Crippen molar-refractivity contribution in [2.24, 2.45) is 0 Å². The highest BCUT2D eigenvalue weighted by Gasteiger charge is 2.18. The molecule has 0 bridgehead atoms. The molecule has 2 rings (SSSR count). The van der Waals surface area contributed by atoms with E-state index in [1.165, 1.54) is 0 Å². The van der Waals surface area contributed by atoms with E-state index >= 15 is 0 Å². The summed E-state index contributed by atoms with van der Waals surface area (Å²) >= 11 is 0. The SMILES string of the molecule is Cc1[c]ccc(OCCCN2CCCC2=O)c1. The highest BCUT2D eigenvalue weighted by molar-refractivity contribution is 5.77. The predicted octanol–water partition coefficient (Wildman–Crippen LogP) is 2.19. The van der Waals surface area contributed by atoms with Crippen LogP contribution < -0.4 is 4.74 Å². The van der Waals surface area contributed by atoms with Gasteiger partial charge in [0, 0.05) is 19.5 Å². The minimum atomic E-state index is 0.287. The van der Waals surface area contributed by atoms with E-state index in [-0.39, 0.29) is 5.91 Å². The van der Waals surface area contributed by atoms with Crippen molar-refractivity contribution in [3.05, 3.63) is 29.8 Å². The van der Waals surface area contributed by atoms with Crippen molar-refractivity contribution >= 4 is 5.91 Å². The number of ether oxygens (including phenoxy) is 1. The lowest BCUT2D eigenvalue weighted by Crippen LogP contribution is -2.26. The van der Waals surface area contributed by atoms with Gasteiger partial charge in [0.1, 0.15) is 5.75 Å². The molecule has 1 aromatic carbocycles. The van der Waals surface area contributed by atoms with Crippen LogP contribution in [0.3, 0.4) is 0 Å². The van der Waals surface area contributed by atoms with Gasteiger partial charge in [-0.3, -0.25) is 4.79 Å². The number of amides is 1. The van der Waals surface area contributed by atoms with E-state index in [1.54, 1.807) is 0 Å². The van der Waals surface area contributed by atoms with Crippen molar-refractivity contribution in [2.75, 3.05) is 19.7 Å². The predicted molar refractivity (Wildman–Crippen MR) is 65.9 cm³/mol. The summed E-state index contributed by atoms with van der Waals surface area (Å²) in [6, 6.07) is 8.83. The summed E-state index contributed by atoms with van der Waals surface area (Å²) in [6.07, 6.45) is 2.62. The molecule has 0 atom stereocenters. The summed E-state index contributed by atoms with van der Waals surface area (Å²) in [5.41, 5.74) is 1.08. The number of aryl methyl sites for hydroxylation is 1. The lowest BCUT2D eigenvalue weighted by atomic mass is 10.2. The van der Waals surface area contributed by atoms with E-state index in [2.05, 4.69) is 6.07 Å². The topological polar surface area (TPSA) is 29.5 Å². The first-order valence-electron chi connectivity index (χ1n) is 6.14. The minimum absolute atomic E-state index is 0.287. The van der Waals surface area contributed by atoms with Crippen LogP contribution in [0.1, 0.15) is 24.8 Å². The number of carbonyl (C=O) groups is 1. The highest BCUT2D eigenvalue weighted by atomic mass is 16.5. The average Bonchev–Trinajstić information content (AvgIpc) is 2.71. The first kappa shape index (κ1) is 12.0. The number of nitrogens with zero attached hydrogens (tertiary/aromatic N) is 1. The third-order valence-electron chi connectivity index (χ3n) is 2.93. The van der Waals surface area contributed by atoms with E-state index in [1.807, 2.05) is 30.0 Å². The molecule has 1 aliphatic heterocycles. The zero-order valence-electron chi connectivity index (χ0n) is 10.2. The first-order valence-corrected chi connectivity index (χ1v) is 6.14. The number of carbonyl (C=O) groups excluding carboxylic acids is 1. The molecule has 1 radical (unpaired) electrons. The lowest BCUT2D eigenvalue weighted by Gasteiger charge is -2.15. The second-order valence-electron chi connectivity index (χ2n) is 4.39. The summed E-state index contributed by atoms with van der Waals surface area (Å²) < 4.78 is 5.62. The monoisotopic (exact) mass is 232 g/mol. The molecule has 3 nitrogen and oxygen atoms in total. The van der Waals surface area contributed by atoms with E-state index in [0.717, 1.165) is 37.2 Å². The summed E-state index contributed by atoms with van der Waals surface area (Å²) in [5.74, 6) is 1.17. The van der Waals surface area contributed by atoms with Crippen LogP contribution in [0.5, 0.6) is 5.75 Å². The molecule has 1 fully saturated rings. The molecule has 0 spiro atoms. The molecule has 3 heteroatoms. The van der Waals surface area contributed by atoms with E-state index in [4.69, 9.17) is 4.74 Å². The second kappa shape index (κ2) is 5.71. The molecule has 1 heterocycles. The number of benzene rings is 1.